The number of piperidine rings is 1. The van der Waals surface area contributed by atoms with E-state index in [1.54, 1.807) is 0 Å². The highest BCUT2D eigenvalue weighted by molar-refractivity contribution is 5.94. The maximum Gasteiger partial charge on any atom is 0.251 e. The highest BCUT2D eigenvalue weighted by Crippen LogP contribution is 2.27. The van der Waals surface area contributed by atoms with E-state index in [9.17, 15) is 4.79 Å². The normalized spacial score (nSPS) is 14.6. The summed E-state index contributed by atoms with van der Waals surface area (Å²) in [6.45, 7) is 4.28. The lowest BCUT2D eigenvalue weighted by atomic mass is 10.1. The zero-order chi connectivity index (χ0) is 23.3. The first-order valence-corrected chi connectivity index (χ1v) is 12.0. The van der Waals surface area contributed by atoms with Crippen LogP contribution in [0.5, 0.6) is 0 Å². The molecule has 2 N–H and O–H groups in total. The Morgan fingerprint density at radius 1 is 0.882 bits per heavy atom. The van der Waals surface area contributed by atoms with Crippen LogP contribution < -0.4 is 10.2 Å². The van der Waals surface area contributed by atoms with Crippen LogP contribution in [0.3, 0.4) is 0 Å². The van der Waals surface area contributed by atoms with Crippen LogP contribution in [0.4, 0.5) is 5.69 Å². The molecule has 0 radical (unpaired) electrons. The molecule has 172 valence electrons. The van der Waals surface area contributed by atoms with Gasteiger partial charge in [-0.05, 0) is 67.6 Å². The van der Waals surface area contributed by atoms with Crippen LogP contribution in [-0.4, -0.2) is 29.2 Å². The van der Waals surface area contributed by atoms with Crippen LogP contribution in [0.25, 0.3) is 22.5 Å². The maximum absolute atomic E-state index is 12.7. The molecule has 1 amide bonds. The summed E-state index contributed by atoms with van der Waals surface area (Å²) in [6, 6.07) is 28.3. The van der Waals surface area contributed by atoms with E-state index in [4.69, 9.17) is 0 Å². The molecule has 2 heterocycles. The second-order valence-electron chi connectivity index (χ2n) is 8.94. The predicted molar refractivity (Wildman–Crippen MR) is 138 cm³/mol. The average Bonchev–Trinajstić information content (AvgIpc) is 3.40. The molecule has 3 aromatic carbocycles. The van der Waals surface area contributed by atoms with E-state index in [1.807, 2.05) is 61.5 Å². The van der Waals surface area contributed by atoms with Gasteiger partial charge in [-0.1, -0.05) is 54.6 Å². The highest BCUT2D eigenvalue weighted by Gasteiger charge is 2.13. The Labute approximate surface area is 200 Å². The zero-order valence-corrected chi connectivity index (χ0v) is 19.5. The molecule has 0 aliphatic carbocycles. The first kappa shape index (κ1) is 22.0. The number of anilines is 1. The molecule has 1 atom stereocenters. The van der Waals surface area contributed by atoms with Gasteiger partial charge < -0.3 is 10.2 Å². The minimum atomic E-state index is -0.0815. The van der Waals surface area contributed by atoms with E-state index in [0.717, 1.165) is 41.2 Å². The van der Waals surface area contributed by atoms with Gasteiger partial charge >= 0.3 is 0 Å². The number of nitrogens with zero attached hydrogens (tertiary/aromatic N) is 2. The fourth-order valence-electron chi connectivity index (χ4n) is 4.52. The number of aromatic nitrogens is 2. The number of H-pyrrole nitrogens is 1. The van der Waals surface area contributed by atoms with Crippen molar-refractivity contribution in [1.82, 2.24) is 15.5 Å². The molecule has 1 saturated heterocycles. The summed E-state index contributed by atoms with van der Waals surface area (Å²) in [4.78, 5) is 15.1. The second-order valence-corrected chi connectivity index (χ2v) is 8.94. The molecule has 0 spiro atoms. The summed E-state index contributed by atoms with van der Waals surface area (Å²) in [5.41, 5.74) is 6.94. The molecule has 5 nitrogen and oxygen atoms in total. The van der Waals surface area contributed by atoms with Gasteiger partial charge in [-0.2, -0.15) is 5.10 Å². The molecule has 0 bridgehead atoms. The number of benzene rings is 3. The second kappa shape index (κ2) is 9.96. The van der Waals surface area contributed by atoms with Gasteiger partial charge in [0.1, 0.15) is 0 Å². The van der Waals surface area contributed by atoms with Crippen LogP contribution in [-0.2, 0) is 0 Å². The van der Waals surface area contributed by atoms with Crippen LogP contribution in [0.2, 0.25) is 0 Å². The van der Waals surface area contributed by atoms with Crippen LogP contribution in [0.1, 0.15) is 48.1 Å². The fraction of sp³-hybridized carbons (Fsp3) is 0.241. The summed E-state index contributed by atoms with van der Waals surface area (Å²) in [5.74, 6) is -0.0815. The summed E-state index contributed by atoms with van der Waals surface area (Å²) in [6.07, 6.45) is 3.89. The number of carbonyl (C=O) groups is 1. The quantitative estimate of drug-likeness (QED) is 0.366. The van der Waals surface area contributed by atoms with Crippen LogP contribution in [0, 0.1) is 0 Å². The van der Waals surface area contributed by atoms with E-state index < -0.39 is 0 Å². The van der Waals surface area contributed by atoms with Crippen molar-refractivity contribution in [2.45, 2.75) is 32.2 Å². The lowest BCUT2D eigenvalue weighted by molar-refractivity contribution is 0.0940. The van der Waals surface area contributed by atoms with E-state index >= 15 is 0 Å². The molecule has 1 fully saturated rings. The molecule has 1 aliphatic heterocycles. The Morgan fingerprint density at radius 3 is 2.26 bits per heavy atom. The van der Waals surface area contributed by atoms with Crippen molar-refractivity contribution in [3.8, 4) is 22.5 Å². The van der Waals surface area contributed by atoms with Crippen molar-refractivity contribution in [2.75, 3.05) is 18.0 Å². The van der Waals surface area contributed by atoms with Gasteiger partial charge in [-0.25, -0.2) is 0 Å². The van der Waals surface area contributed by atoms with Crippen molar-refractivity contribution in [2.24, 2.45) is 0 Å². The molecular weight excluding hydrogens is 420 g/mol. The Bertz CT molecular complexity index is 1220. The van der Waals surface area contributed by atoms with E-state index in [1.165, 1.54) is 24.9 Å². The van der Waals surface area contributed by atoms with Gasteiger partial charge in [-0.3, -0.25) is 9.89 Å². The van der Waals surface area contributed by atoms with Gasteiger partial charge in [0.25, 0.3) is 5.91 Å². The van der Waals surface area contributed by atoms with E-state index in [2.05, 4.69) is 50.7 Å². The Morgan fingerprint density at radius 2 is 1.56 bits per heavy atom. The van der Waals surface area contributed by atoms with Crippen molar-refractivity contribution in [1.29, 1.82) is 0 Å². The minimum Gasteiger partial charge on any atom is -0.372 e. The summed E-state index contributed by atoms with van der Waals surface area (Å²) in [5, 5.41) is 10.7. The van der Waals surface area contributed by atoms with Gasteiger partial charge in [0.15, 0.2) is 0 Å². The third-order valence-corrected chi connectivity index (χ3v) is 6.57. The van der Waals surface area contributed by atoms with Gasteiger partial charge in [-0.15, -0.1) is 0 Å². The summed E-state index contributed by atoms with van der Waals surface area (Å²) >= 11 is 0. The van der Waals surface area contributed by atoms with Crippen LogP contribution >= 0.6 is 0 Å². The van der Waals surface area contributed by atoms with Gasteiger partial charge in [0.05, 0.1) is 17.4 Å². The maximum atomic E-state index is 12.7. The smallest absolute Gasteiger partial charge is 0.251 e. The molecule has 1 aliphatic rings. The highest BCUT2D eigenvalue weighted by atomic mass is 16.1. The first-order chi connectivity index (χ1) is 16.7. The molecule has 0 unspecified atom stereocenters. The first-order valence-electron chi connectivity index (χ1n) is 12.0. The van der Waals surface area contributed by atoms with Crippen molar-refractivity contribution in [3.05, 3.63) is 96.1 Å². The molecule has 4 aromatic rings. The minimum absolute atomic E-state index is 0.0511. The Balaban J connectivity index is 1.25. The van der Waals surface area contributed by atoms with Crippen molar-refractivity contribution in [3.63, 3.8) is 0 Å². The van der Waals surface area contributed by atoms with Gasteiger partial charge in [0, 0.05) is 29.9 Å². The SMILES string of the molecule is C[C@@H](NC(=O)c1ccc(-c2cc(-c3ccc(N4CCCCC4)cc3)n[nH]2)cc1)c1ccccc1. The van der Waals surface area contributed by atoms with Crippen molar-refractivity contribution < 1.29 is 4.79 Å². The number of carbonyl (C=O) groups excluding carboxylic acids is 1. The van der Waals surface area contributed by atoms with E-state index in [0.29, 0.717) is 5.56 Å². The third kappa shape index (κ3) is 4.88. The number of aromatic amines is 1. The lowest BCUT2D eigenvalue weighted by Gasteiger charge is -2.28. The van der Waals surface area contributed by atoms with E-state index in [-0.39, 0.29) is 11.9 Å². The zero-order valence-electron chi connectivity index (χ0n) is 19.5. The monoisotopic (exact) mass is 450 g/mol. The largest absolute Gasteiger partial charge is 0.372 e. The summed E-state index contributed by atoms with van der Waals surface area (Å²) < 4.78 is 0. The van der Waals surface area contributed by atoms with Gasteiger partial charge in [0.2, 0.25) is 0 Å². The Hall–Kier alpha value is -3.86. The van der Waals surface area contributed by atoms with Crippen LogP contribution in [0.15, 0.2) is 84.9 Å². The molecule has 34 heavy (non-hydrogen) atoms. The topological polar surface area (TPSA) is 61.0 Å². The lowest BCUT2D eigenvalue weighted by Crippen LogP contribution is -2.29. The number of hydrogen-bond donors (Lipinski definition) is 2. The molecular formula is C29H30N4O. The Kier molecular flexibility index (Phi) is 6.43. The predicted octanol–water partition coefficient (Wildman–Crippen LogP) is 6.23. The van der Waals surface area contributed by atoms with Crippen molar-refractivity contribution >= 4 is 11.6 Å². The average molecular weight is 451 g/mol. The molecule has 5 heteroatoms. The molecule has 5 rings (SSSR count). The number of hydrogen-bond acceptors (Lipinski definition) is 3. The number of nitrogens with one attached hydrogen (secondary N) is 2. The third-order valence-electron chi connectivity index (χ3n) is 6.57. The number of rotatable bonds is 6. The molecule has 1 aromatic heterocycles. The number of amides is 1. The standard InChI is InChI=1S/C29H30N4O/c1-21(22-8-4-2-5-9-22)30-29(34)25-12-10-23(11-13-25)27-20-28(32-31-27)24-14-16-26(17-15-24)33-18-6-3-7-19-33/h2,4-5,8-17,20-21H,3,6-7,18-19H2,1H3,(H,30,34)(H,31,32)/t21-/m1/s1. The summed E-state index contributed by atoms with van der Waals surface area (Å²) in [7, 11) is 0. The molecule has 0 saturated carbocycles. The fourth-order valence-corrected chi connectivity index (χ4v) is 4.52.